The third-order valence-electron chi connectivity index (χ3n) is 4.47. The van der Waals surface area contributed by atoms with E-state index in [4.69, 9.17) is 14.2 Å². The summed E-state index contributed by atoms with van der Waals surface area (Å²) >= 11 is 1.26. The second kappa shape index (κ2) is 10.7. The van der Waals surface area contributed by atoms with Gasteiger partial charge in [0.15, 0.2) is 22.5 Å². The van der Waals surface area contributed by atoms with Crippen LogP contribution in [0.15, 0.2) is 47.6 Å². The molecule has 0 saturated carbocycles. The monoisotopic (exact) mass is 456 g/mol. The number of aromatic nitrogens is 3. The van der Waals surface area contributed by atoms with E-state index in [1.807, 2.05) is 19.2 Å². The first-order chi connectivity index (χ1) is 15.5. The van der Waals surface area contributed by atoms with Crippen molar-refractivity contribution < 1.29 is 23.8 Å². The van der Waals surface area contributed by atoms with Gasteiger partial charge >= 0.3 is 5.97 Å². The van der Waals surface area contributed by atoms with Gasteiger partial charge in [0.25, 0.3) is 0 Å². The van der Waals surface area contributed by atoms with Gasteiger partial charge in [0.05, 0.1) is 32.1 Å². The molecule has 0 unspecified atom stereocenters. The highest BCUT2D eigenvalue weighted by Crippen LogP contribution is 2.32. The van der Waals surface area contributed by atoms with Crippen molar-refractivity contribution in [2.45, 2.75) is 12.1 Å². The fraction of sp³-hybridized carbons (Fsp3) is 0.273. The van der Waals surface area contributed by atoms with Crippen LogP contribution in [0.25, 0.3) is 11.4 Å². The number of hydrogen-bond donors (Lipinski definition) is 1. The number of benzene rings is 2. The molecule has 0 aliphatic heterocycles. The minimum absolute atomic E-state index is 0.127. The summed E-state index contributed by atoms with van der Waals surface area (Å²) in [5, 5.41) is 11.8. The Morgan fingerprint density at radius 1 is 1.06 bits per heavy atom. The molecule has 9 nitrogen and oxygen atoms in total. The van der Waals surface area contributed by atoms with Gasteiger partial charge in [-0.2, -0.15) is 0 Å². The molecule has 3 aromatic rings. The van der Waals surface area contributed by atoms with Gasteiger partial charge in [-0.15, -0.1) is 10.2 Å². The maximum Gasteiger partial charge on any atom is 0.338 e. The van der Waals surface area contributed by atoms with Crippen LogP contribution in [0.1, 0.15) is 17.3 Å². The molecule has 1 N–H and O–H groups in total. The van der Waals surface area contributed by atoms with Crippen LogP contribution >= 0.6 is 11.8 Å². The van der Waals surface area contributed by atoms with Crippen LogP contribution in [0.5, 0.6) is 11.5 Å². The van der Waals surface area contributed by atoms with Crippen LogP contribution < -0.4 is 14.8 Å². The number of carbonyl (C=O) groups excluding carboxylic acids is 2. The number of thioether (sulfide) groups is 1. The summed E-state index contributed by atoms with van der Waals surface area (Å²) in [6.45, 7) is 2.03. The molecule has 1 aromatic heterocycles. The van der Waals surface area contributed by atoms with Crippen molar-refractivity contribution in [2.24, 2.45) is 7.05 Å². The summed E-state index contributed by atoms with van der Waals surface area (Å²) < 4.78 is 17.4. The smallest absolute Gasteiger partial charge is 0.338 e. The number of nitrogens with one attached hydrogen (secondary N) is 1. The van der Waals surface area contributed by atoms with Crippen LogP contribution in [0.4, 0.5) is 5.69 Å². The highest BCUT2D eigenvalue weighted by atomic mass is 32.2. The number of esters is 1. The Bertz CT molecular complexity index is 1120. The number of anilines is 1. The van der Waals surface area contributed by atoms with Crippen LogP contribution in [-0.2, 0) is 16.6 Å². The number of carbonyl (C=O) groups is 2. The predicted molar refractivity (Wildman–Crippen MR) is 121 cm³/mol. The summed E-state index contributed by atoms with van der Waals surface area (Å²) in [5.41, 5.74) is 1.71. The maximum atomic E-state index is 12.4. The van der Waals surface area contributed by atoms with Crippen molar-refractivity contribution in [1.29, 1.82) is 0 Å². The van der Waals surface area contributed by atoms with Crippen LogP contribution in [0.2, 0.25) is 0 Å². The average Bonchev–Trinajstić information content (AvgIpc) is 3.17. The lowest BCUT2D eigenvalue weighted by Crippen LogP contribution is -2.15. The summed E-state index contributed by atoms with van der Waals surface area (Å²) in [4.78, 5) is 24.3. The lowest BCUT2D eigenvalue weighted by atomic mass is 10.2. The molecule has 0 radical (unpaired) electrons. The maximum absolute atomic E-state index is 12.4. The fourth-order valence-electron chi connectivity index (χ4n) is 2.93. The number of nitrogens with zero attached hydrogens (tertiary/aromatic N) is 3. The minimum Gasteiger partial charge on any atom is -0.493 e. The van der Waals surface area contributed by atoms with Gasteiger partial charge in [-0.3, -0.25) is 4.79 Å². The lowest BCUT2D eigenvalue weighted by molar-refractivity contribution is -0.113. The van der Waals surface area contributed by atoms with Crippen LogP contribution in [0, 0.1) is 0 Å². The van der Waals surface area contributed by atoms with Gasteiger partial charge in [0.1, 0.15) is 0 Å². The lowest BCUT2D eigenvalue weighted by Gasteiger charge is -2.09. The third kappa shape index (κ3) is 5.38. The van der Waals surface area contributed by atoms with Crippen molar-refractivity contribution in [3.8, 4) is 22.9 Å². The molecule has 3 rings (SSSR count). The first kappa shape index (κ1) is 23.1. The number of hydrogen-bond acceptors (Lipinski definition) is 8. The van der Waals surface area contributed by atoms with Crippen molar-refractivity contribution in [2.75, 3.05) is 31.9 Å². The standard InChI is InChI=1S/C22H24N4O5S/c1-5-31-21(28)15-7-6-8-16(11-15)23-19(27)13-32-22-25-24-20(26(22)2)14-9-10-17(29-3)18(12-14)30-4/h6-12H,5,13H2,1-4H3,(H,23,27). The van der Waals surface area contributed by atoms with E-state index in [1.54, 1.807) is 56.0 Å². The minimum atomic E-state index is -0.431. The summed E-state index contributed by atoms with van der Waals surface area (Å²) in [6.07, 6.45) is 0. The molecule has 0 atom stereocenters. The zero-order valence-electron chi connectivity index (χ0n) is 18.2. The second-order valence-electron chi connectivity index (χ2n) is 6.57. The SMILES string of the molecule is CCOC(=O)c1cccc(NC(=O)CSc2nnc(-c3ccc(OC)c(OC)c3)n2C)c1. The molecule has 0 saturated heterocycles. The first-order valence-electron chi connectivity index (χ1n) is 9.78. The molecule has 0 aliphatic rings. The van der Waals surface area contributed by atoms with E-state index in [0.29, 0.717) is 33.7 Å². The summed E-state index contributed by atoms with van der Waals surface area (Å²) in [5.74, 6) is 1.31. The Hall–Kier alpha value is -3.53. The Balaban J connectivity index is 1.65. The normalized spacial score (nSPS) is 10.5. The fourth-order valence-corrected chi connectivity index (χ4v) is 3.64. The Morgan fingerprint density at radius 3 is 2.56 bits per heavy atom. The van der Waals surface area contributed by atoms with Crippen molar-refractivity contribution >= 4 is 29.3 Å². The molecule has 1 heterocycles. The predicted octanol–water partition coefficient (Wildman–Crippen LogP) is 3.41. The van der Waals surface area contributed by atoms with E-state index in [2.05, 4.69) is 15.5 Å². The van der Waals surface area contributed by atoms with Gasteiger partial charge in [-0.05, 0) is 43.3 Å². The van der Waals surface area contributed by atoms with Gasteiger partial charge in [0.2, 0.25) is 5.91 Å². The molecule has 0 aliphatic carbocycles. The van der Waals surface area contributed by atoms with E-state index >= 15 is 0 Å². The number of ether oxygens (including phenoxy) is 3. The van der Waals surface area contributed by atoms with Crippen molar-refractivity contribution in [3.05, 3.63) is 48.0 Å². The van der Waals surface area contributed by atoms with E-state index in [-0.39, 0.29) is 18.3 Å². The molecule has 10 heteroatoms. The Morgan fingerprint density at radius 2 is 1.84 bits per heavy atom. The van der Waals surface area contributed by atoms with E-state index in [9.17, 15) is 9.59 Å². The van der Waals surface area contributed by atoms with Gasteiger partial charge < -0.3 is 24.1 Å². The Labute approximate surface area is 190 Å². The van der Waals surface area contributed by atoms with Gasteiger partial charge in [0, 0.05) is 18.3 Å². The molecular weight excluding hydrogens is 432 g/mol. The second-order valence-corrected chi connectivity index (χ2v) is 7.52. The van der Waals surface area contributed by atoms with Crippen molar-refractivity contribution in [3.63, 3.8) is 0 Å². The molecular formula is C22H24N4O5S. The largest absolute Gasteiger partial charge is 0.493 e. The van der Waals surface area contributed by atoms with E-state index < -0.39 is 5.97 Å². The van der Waals surface area contributed by atoms with Gasteiger partial charge in [-0.25, -0.2) is 4.79 Å². The molecule has 168 valence electrons. The third-order valence-corrected chi connectivity index (χ3v) is 5.49. The quantitative estimate of drug-likeness (QED) is 0.386. The molecule has 1 amide bonds. The highest BCUT2D eigenvalue weighted by molar-refractivity contribution is 7.99. The number of methoxy groups -OCH3 is 2. The summed E-state index contributed by atoms with van der Waals surface area (Å²) in [6, 6.07) is 12.1. The molecule has 0 spiro atoms. The Kier molecular flexibility index (Phi) is 7.72. The van der Waals surface area contributed by atoms with E-state index in [1.165, 1.54) is 11.8 Å². The van der Waals surface area contributed by atoms with Crippen LogP contribution in [-0.4, -0.2) is 53.2 Å². The number of rotatable bonds is 9. The molecule has 2 aromatic carbocycles. The van der Waals surface area contributed by atoms with Crippen LogP contribution in [0.3, 0.4) is 0 Å². The topological polar surface area (TPSA) is 105 Å². The zero-order chi connectivity index (χ0) is 23.1. The molecule has 0 fully saturated rings. The van der Waals surface area contributed by atoms with E-state index in [0.717, 1.165) is 5.56 Å². The highest BCUT2D eigenvalue weighted by Gasteiger charge is 2.15. The van der Waals surface area contributed by atoms with Gasteiger partial charge in [-0.1, -0.05) is 17.8 Å². The first-order valence-corrected chi connectivity index (χ1v) is 10.8. The number of amides is 1. The van der Waals surface area contributed by atoms with Crippen molar-refractivity contribution in [1.82, 2.24) is 14.8 Å². The average molecular weight is 457 g/mol. The zero-order valence-corrected chi connectivity index (χ0v) is 19.1. The molecule has 32 heavy (non-hydrogen) atoms. The summed E-state index contributed by atoms with van der Waals surface area (Å²) in [7, 11) is 4.97. The molecule has 0 bridgehead atoms.